The number of aromatic nitrogens is 2. The minimum atomic E-state index is 0.493. The number of rotatable bonds is 2. The van der Waals surface area contributed by atoms with E-state index in [1.165, 1.54) is 6.42 Å². The Morgan fingerprint density at radius 1 is 1.53 bits per heavy atom. The fourth-order valence-corrected chi connectivity index (χ4v) is 1.96. The summed E-state index contributed by atoms with van der Waals surface area (Å²) >= 11 is 0. The van der Waals surface area contributed by atoms with Gasteiger partial charge in [-0.1, -0.05) is 12.2 Å². The van der Waals surface area contributed by atoms with Gasteiger partial charge in [-0.05, 0) is 26.2 Å². The van der Waals surface area contributed by atoms with Gasteiger partial charge in [0.05, 0.1) is 11.4 Å². The van der Waals surface area contributed by atoms with Gasteiger partial charge in [-0.25, -0.2) is 0 Å². The van der Waals surface area contributed by atoms with Crippen LogP contribution in [0.15, 0.2) is 12.2 Å². The van der Waals surface area contributed by atoms with Gasteiger partial charge in [0.1, 0.15) is 5.82 Å². The third-order valence-corrected chi connectivity index (χ3v) is 2.88. The molecule has 0 saturated carbocycles. The quantitative estimate of drug-likeness (QED) is 0.726. The lowest BCUT2D eigenvalue weighted by atomic mass is 10.0. The van der Waals surface area contributed by atoms with E-state index < -0.39 is 0 Å². The summed E-state index contributed by atoms with van der Waals surface area (Å²) in [4.78, 5) is 0. The summed E-state index contributed by atoms with van der Waals surface area (Å²) in [6, 6.07) is 0.493. The van der Waals surface area contributed by atoms with E-state index in [1.807, 2.05) is 18.7 Å². The molecule has 0 aliphatic heterocycles. The number of aryl methyl sites for hydroxylation is 2. The normalized spacial score (nSPS) is 20.5. The highest BCUT2D eigenvalue weighted by Gasteiger charge is 2.15. The van der Waals surface area contributed by atoms with Crippen molar-refractivity contribution in [3.63, 3.8) is 0 Å². The van der Waals surface area contributed by atoms with E-state index in [0.717, 1.165) is 30.0 Å². The molecule has 4 nitrogen and oxygen atoms in total. The van der Waals surface area contributed by atoms with Gasteiger partial charge >= 0.3 is 0 Å². The molecule has 3 N–H and O–H groups in total. The van der Waals surface area contributed by atoms with Gasteiger partial charge in [-0.3, -0.25) is 4.68 Å². The maximum absolute atomic E-state index is 5.96. The van der Waals surface area contributed by atoms with Crippen molar-refractivity contribution in [2.75, 3.05) is 11.1 Å². The molecule has 1 aromatic rings. The van der Waals surface area contributed by atoms with Gasteiger partial charge < -0.3 is 11.1 Å². The summed E-state index contributed by atoms with van der Waals surface area (Å²) in [7, 11) is 1.92. The van der Waals surface area contributed by atoms with Crippen LogP contribution in [0.25, 0.3) is 0 Å². The second kappa shape index (κ2) is 3.96. The zero-order valence-electron chi connectivity index (χ0n) is 9.33. The number of hydrogen-bond donors (Lipinski definition) is 2. The van der Waals surface area contributed by atoms with E-state index in [2.05, 4.69) is 22.6 Å². The summed E-state index contributed by atoms with van der Waals surface area (Å²) in [6.07, 6.45) is 7.84. The maximum atomic E-state index is 5.96. The Hall–Kier alpha value is -1.45. The van der Waals surface area contributed by atoms with Crippen molar-refractivity contribution in [2.45, 2.75) is 32.2 Å². The number of nitrogens with one attached hydrogen (secondary N) is 1. The molecule has 0 saturated heterocycles. The average Bonchev–Trinajstić information content (AvgIpc) is 2.47. The molecule has 1 unspecified atom stereocenters. The lowest BCUT2D eigenvalue weighted by molar-refractivity contribution is 0.631. The molecule has 0 radical (unpaired) electrons. The fraction of sp³-hybridized carbons (Fsp3) is 0.545. The van der Waals surface area contributed by atoms with Crippen LogP contribution in [-0.4, -0.2) is 15.8 Å². The Bertz CT molecular complexity index is 378. The summed E-state index contributed by atoms with van der Waals surface area (Å²) in [5.74, 6) is 0.952. The van der Waals surface area contributed by atoms with Gasteiger partial charge in [-0.15, -0.1) is 0 Å². The van der Waals surface area contributed by atoms with E-state index in [9.17, 15) is 0 Å². The van der Waals surface area contributed by atoms with Crippen molar-refractivity contribution in [3.05, 3.63) is 17.8 Å². The van der Waals surface area contributed by atoms with E-state index in [-0.39, 0.29) is 0 Å². The Kier molecular flexibility index (Phi) is 2.66. The van der Waals surface area contributed by atoms with Crippen LogP contribution in [0.5, 0.6) is 0 Å². The first-order valence-electron chi connectivity index (χ1n) is 5.39. The molecule has 0 bridgehead atoms. The fourth-order valence-electron chi connectivity index (χ4n) is 1.96. The predicted molar refractivity (Wildman–Crippen MR) is 62.8 cm³/mol. The molecule has 1 aliphatic carbocycles. The first-order valence-corrected chi connectivity index (χ1v) is 5.39. The van der Waals surface area contributed by atoms with Crippen LogP contribution < -0.4 is 11.1 Å². The molecular weight excluding hydrogens is 188 g/mol. The van der Waals surface area contributed by atoms with Crippen molar-refractivity contribution >= 4 is 11.5 Å². The van der Waals surface area contributed by atoms with Crippen molar-refractivity contribution in [1.29, 1.82) is 0 Å². The van der Waals surface area contributed by atoms with Crippen molar-refractivity contribution in [1.82, 2.24) is 9.78 Å². The number of allylic oxidation sites excluding steroid dienone is 1. The number of hydrogen-bond acceptors (Lipinski definition) is 3. The van der Waals surface area contributed by atoms with Crippen molar-refractivity contribution < 1.29 is 0 Å². The Labute approximate surface area is 90.2 Å². The van der Waals surface area contributed by atoms with Crippen LogP contribution in [0.1, 0.15) is 25.0 Å². The van der Waals surface area contributed by atoms with E-state index in [1.54, 1.807) is 0 Å². The first kappa shape index (κ1) is 10.1. The molecule has 0 aromatic carbocycles. The Balaban J connectivity index is 2.13. The smallest absolute Gasteiger partial charge is 0.147 e. The van der Waals surface area contributed by atoms with E-state index in [0.29, 0.717) is 6.04 Å². The summed E-state index contributed by atoms with van der Waals surface area (Å²) in [5.41, 5.74) is 7.62. The number of nitrogens with two attached hydrogens (primary N) is 1. The highest BCUT2D eigenvalue weighted by atomic mass is 15.3. The zero-order valence-corrected chi connectivity index (χ0v) is 9.33. The molecule has 4 heteroatoms. The monoisotopic (exact) mass is 206 g/mol. The number of nitrogens with zero attached hydrogens (tertiary/aromatic N) is 2. The first-order chi connectivity index (χ1) is 7.18. The topological polar surface area (TPSA) is 55.9 Å². The van der Waals surface area contributed by atoms with Gasteiger partial charge in [0, 0.05) is 13.1 Å². The van der Waals surface area contributed by atoms with Crippen molar-refractivity contribution in [3.8, 4) is 0 Å². The van der Waals surface area contributed by atoms with E-state index >= 15 is 0 Å². The average molecular weight is 206 g/mol. The van der Waals surface area contributed by atoms with Gasteiger partial charge in [0.25, 0.3) is 0 Å². The van der Waals surface area contributed by atoms with Crippen LogP contribution in [0.4, 0.5) is 11.5 Å². The zero-order chi connectivity index (χ0) is 10.8. The van der Waals surface area contributed by atoms with Crippen molar-refractivity contribution in [2.24, 2.45) is 7.05 Å². The molecule has 15 heavy (non-hydrogen) atoms. The number of nitrogen functional groups attached to an aromatic ring is 1. The molecule has 0 amide bonds. The second-order valence-corrected chi connectivity index (χ2v) is 4.10. The SMILES string of the molecule is Cc1nn(C)c(NC2CC=CCC2)c1N. The van der Waals surface area contributed by atoms with Crippen LogP contribution in [0.3, 0.4) is 0 Å². The molecule has 0 spiro atoms. The molecule has 1 atom stereocenters. The largest absolute Gasteiger partial charge is 0.394 e. The third kappa shape index (κ3) is 1.98. The van der Waals surface area contributed by atoms with Crippen LogP contribution in [0.2, 0.25) is 0 Å². The van der Waals surface area contributed by atoms with Crippen LogP contribution >= 0.6 is 0 Å². The number of anilines is 2. The lowest BCUT2D eigenvalue weighted by Crippen LogP contribution is -2.22. The summed E-state index contributed by atoms with van der Waals surface area (Å²) < 4.78 is 1.82. The maximum Gasteiger partial charge on any atom is 0.147 e. The lowest BCUT2D eigenvalue weighted by Gasteiger charge is -2.20. The molecule has 82 valence electrons. The molecule has 2 rings (SSSR count). The molecule has 1 heterocycles. The highest BCUT2D eigenvalue weighted by Crippen LogP contribution is 2.24. The molecule has 0 fully saturated rings. The third-order valence-electron chi connectivity index (χ3n) is 2.88. The molecule has 1 aliphatic rings. The second-order valence-electron chi connectivity index (χ2n) is 4.10. The van der Waals surface area contributed by atoms with Gasteiger partial charge in [-0.2, -0.15) is 5.10 Å². The van der Waals surface area contributed by atoms with Gasteiger partial charge in [0.15, 0.2) is 0 Å². The standard InChI is InChI=1S/C11H18N4/c1-8-10(12)11(15(2)14-8)13-9-6-4-3-5-7-9/h3-4,9,13H,5-7,12H2,1-2H3. The summed E-state index contributed by atoms with van der Waals surface area (Å²) in [5, 5.41) is 7.75. The summed E-state index contributed by atoms with van der Waals surface area (Å²) in [6.45, 7) is 1.93. The van der Waals surface area contributed by atoms with Crippen LogP contribution in [-0.2, 0) is 7.05 Å². The van der Waals surface area contributed by atoms with Crippen LogP contribution in [0, 0.1) is 6.92 Å². The highest BCUT2D eigenvalue weighted by molar-refractivity contribution is 5.65. The molecule has 1 aromatic heterocycles. The van der Waals surface area contributed by atoms with E-state index in [4.69, 9.17) is 5.73 Å². The minimum absolute atomic E-state index is 0.493. The Morgan fingerprint density at radius 2 is 2.33 bits per heavy atom. The molecular formula is C11H18N4. The Morgan fingerprint density at radius 3 is 2.87 bits per heavy atom. The van der Waals surface area contributed by atoms with Gasteiger partial charge in [0.2, 0.25) is 0 Å². The predicted octanol–water partition coefficient (Wildman–Crippen LogP) is 1.83. The minimum Gasteiger partial charge on any atom is -0.394 e.